The molecule has 5 rings (SSSR count). The van der Waals surface area contributed by atoms with Gasteiger partial charge in [0.1, 0.15) is 0 Å². The van der Waals surface area contributed by atoms with Crippen molar-refractivity contribution in [2.45, 2.75) is 50.1 Å². The highest BCUT2D eigenvalue weighted by atomic mass is 19.2. The van der Waals surface area contributed by atoms with Gasteiger partial charge in [0.15, 0.2) is 11.6 Å². The Morgan fingerprint density at radius 1 is 1.29 bits per heavy atom. The van der Waals surface area contributed by atoms with Gasteiger partial charge in [0, 0.05) is 40.7 Å². The predicted molar refractivity (Wildman–Crippen MR) is 126 cm³/mol. The van der Waals surface area contributed by atoms with Crippen LogP contribution in [0.15, 0.2) is 36.5 Å². The molecule has 2 aromatic heterocycles. The van der Waals surface area contributed by atoms with Crippen molar-refractivity contribution in [3.63, 3.8) is 0 Å². The third kappa shape index (κ3) is 3.69. The number of H-pyrrole nitrogens is 1. The number of carbonyl (C=O) groups is 1. The lowest BCUT2D eigenvalue weighted by atomic mass is 9.82. The van der Waals surface area contributed by atoms with E-state index in [1.54, 1.807) is 13.3 Å². The highest BCUT2D eigenvalue weighted by molar-refractivity contribution is 5.99. The van der Waals surface area contributed by atoms with Crippen LogP contribution < -0.4 is 0 Å². The van der Waals surface area contributed by atoms with E-state index >= 15 is 4.39 Å². The minimum atomic E-state index is -2.32. The Kier molecular flexibility index (Phi) is 5.43. The van der Waals surface area contributed by atoms with Crippen molar-refractivity contribution in [1.82, 2.24) is 14.8 Å². The number of hydrogen-bond donors (Lipinski definition) is 2. The molecule has 2 N–H and O–H groups in total. The number of nitrogens with zero attached hydrogens (tertiary/aromatic N) is 2. The van der Waals surface area contributed by atoms with Crippen LogP contribution in [0.1, 0.15) is 50.3 Å². The van der Waals surface area contributed by atoms with Gasteiger partial charge in [-0.25, -0.2) is 18.0 Å². The first-order valence-corrected chi connectivity index (χ1v) is 11.4. The number of halogens is 3. The standard InChI is InChI=1S/C26H26F3N3O3/c1-25(2,13-35-3)23-22(14-6-7-26(29,11-14)24(33)34)17-10-20-15(12-30-31-20)8-21(17)32(23)16-4-5-18(27)19(28)9-16/h4-5,8-10,12,14H,6-7,11,13H2,1-3H3,(H,30,31)(H,33,34)/t14?,26-/m0/s1. The van der Waals surface area contributed by atoms with Gasteiger partial charge in [-0.15, -0.1) is 0 Å². The smallest absolute Gasteiger partial charge is 0.341 e. The Bertz CT molecular complexity index is 1460. The second-order valence-electron chi connectivity index (χ2n) is 10.0. The van der Waals surface area contributed by atoms with E-state index in [0.717, 1.165) is 39.7 Å². The van der Waals surface area contributed by atoms with E-state index in [1.807, 2.05) is 30.5 Å². The minimum absolute atomic E-state index is 0.0959. The number of alkyl halides is 1. The number of hydrogen-bond acceptors (Lipinski definition) is 3. The Balaban J connectivity index is 1.88. The lowest BCUT2D eigenvalue weighted by Crippen LogP contribution is -2.31. The van der Waals surface area contributed by atoms with E-state index in [-0.39, 0.29) is 12.8 Å². The van der Waals surface area contributed by atoms with Crippen LogP contribution in [-0.4, -0.2) is 45.2 Å². The molecule has 1 saturated carbocycles. The molecule has 35 heavy (non-hydrogen) atoms. The van der Waals surface area contributed by atoms with Gasteiger partial charge in [-0.2, -0.15) is 5.10 Å². The van der Waals surface area contributed by atoms with Crippen LogP contribution in [0.3, 0.4) is 0 Å². The number of aromatic amines is 1. The number of aliphatic carboxylic acids is 1. The number of rotatable bonds is 6. The molecule has 184 valence electrons. The van der Waals surface area contributed by atoms with Crippen molar-refractivity contribution in [1.29, 1.82) is 0 Å². The highest BCUT2D eigenvalue weighted by Gasteiger charge is 2.48. The second-order valence-corrected chi connectivity index (χ2v) is 10.0. The number of carboxylic acids is 1. The maximum Gasteiger partial charge on any atom is 0.341 e. The summed E-state index contributed by atoms with van der Waals surface area (Å²) in [6.45, 7) is 4.23. The van der Waals surface area contributed by atoms with Crippen LogP contribution in [0.5, 0.6) is 0 Å². The summed E-state index contributed by atoms with van der Waals surface area (Å²) in [5, 5.41) is 18.2. The van der Waals surface area contributed by atoms with Crippen molar-refractivity contribution >= 4 is 27.8 Å². The fourth-order valence-corrected chi connectivity index (χ4v) is 5.59. The zero-order valence-electron chi connectivity index (χ0n) is 19.7. The van der Waals surface area contributed by atoms with E-state index in [9.17, 15) is 18.7 Å². The summed E-state index contributed by atoms with van der Waals surface area (Å²) in [6.07, 6.45) is 1.75. The SMILES string of the molecule is COCC(C)(C)c1c(C2CC[C@@](F)(C(=O)O)C2)c2cc3[nH]ncc3cc2n1-c1ccc(F)c(F)c1. The molecule has 0 radical (unpaired) electrons. The molecule has 1 aliphatic carbocycles. The normalized spacial score (nSPS) is 20.8. The van der Waals surface area contributed by atoms with Gasteiger partial charge in [0.2, 0.25) is 5.67 Å². The quantitative estimate of drug-likeness (QED) is 0.363. The van der Waals surface area contributed by atoms with Gasteiger partial charge in [-0.05, 0) is 55.0 Å². The van der Waals surface area contributed by atoms with E-state index in [2.05, 4.69) is 10.2 Å². The van der Waals surface area contributed by atoms with Gasteiger partial charge in [0.25, 0.3) is 0 Å². The lowest BCUT2D eigenvalue weighted by molar-refractivity contribution is -0.150. The number of nitrogens with one attached hydrogen (secondary N) is 1. The van der Waals surface area contributed by atoms with Crippen LogP contribution in [0, 0.1) is 11.6 Å². The summed E-state index contributed by atoms with van der Waals surface area (Å²) in [7, 11) is 1.58. The molecular weight excluding hydrogens is 459 g/mol. The summed E-state index contributed by atoms with van der Waals surface area (Å²) in [5.41, 5.74) is 0.479. The molecule has 6 nitrogen and oxygen atoms in total. The molecule has 2 aromatic carbocycles. The number of fused-ring (bicyclic) bond motifs is 2. The maximum atomic E-state index is 15.2. The Morgan fingerprint density at radius 3 is 2.71 bits per heavy atom. The Morgan fingerprint density at radius 2 is 2.06 bits per heavy atom. The number of aromatic nitrogens is 3. The summed E-state index contributed by atoms with van der Waals surface area (Å²) >= 11 is 0. The zero-order valence-corrected chi connectivity index (χ0v) is 19.7. The van der Waals surface area contributed by atoms with E-state index in [1.165, 1.54) is 6.07 Å². The minimum Gasteiger partial charge on any atom is -0.479 e. The molecule has 0 aliphatic heterocycles. The van der Waals surface area contributed by atoms with Crippen molar-refractivity contribution in [2.24, 2.45) is 0 Å². The van der Waals surface area contributed by atoms with Crippen molar-refractivity contribution in [3.05, 3.63) is 59.4 Å². The molecule has 2 heterocycles. The summed E-state index contributed by atoms with van der Waals surface area (Å²) in [5.74, 6) is -3.80. The molecule has 1 unspecified atom stereocenters. The monoisotopic (exact) mass is 485 g/mol. The van der Waals surface area contributed by atoms with Crippen LogP contribution in [0.2, 0.25) is 0 Å². The summed E-state index contributed by atoms with van der Waals surface area (Å²) < 4.78 is 50.9. The average Bonchev–Trinajstić information content (AvgIpc) is 3.50. The topological polar surface area (TPSA) is 80.1 Å². The first kappa shape index (κ1) is 23.4. The highest BCUT2D eigenvalue weighted by Crippen LogP contribution is 2.50. The van der Waals surface area contributed by atoms with Gasteiger partial charge in [0.05, 0.1) is 23.8 Å². The van der Waals surface area contributed by atoms with Gasteiger partial charge in [-0.3, -0.25) is 5.10 Å². The van der Waals surface area contributed by atoms with E-state index < -0.39 is 34.6 Å². The van der Waals surface area contributed by atoms with Crippen molar-refractivity contribution < 1.29 is 27.8 Å². The van der Waals surface area contributed by atoms with E-state index in [4.69, 9.17) is 4.74 Å². The Labute approximate surface area is 199 Å². The number of ether oxygens (including phenoxy) is 1. The fraction of sp³-hybridized carbons (Fsp3) is 0.385. The third-order valence-electron chi connectivity index (χ3n) is 7.12. The van der Waals surface area contributed by atoms with Crippen LogP contribution in [0.25, 0.3) is 27.5 Å². The Hall–Kier alpha value is -3.33. The molecule has 2 atom stereocenters. The summed E-state index contributed by atoms with van der Waals surface area (Å²) in [4.78, 5) is 11.7. The number of carboxylic acid groups (broad SMARTS) is 1. The second kappa shape index (κ2) is 8.12. The van der Waals surface area contributed by atoms with Crippen molar-refractivity contribution in [2.75, 3.05) is 13.7 Å². The lowest BCUT2D eigenvalue weighted by Gasteiger charge is -2.29. The molecule has 0 amide bonds. The molecule has 0 saturated heterocycles. The molecular formula is C26H26F3N3O3. The zero-order chi connectivity index (χ0) is 25.1. The van der Waals surface area contributed by atoms with Crippen LogP contribution in [0.4, 0.5) is 13.2 Å². The van der Waals surface area contributed by atoms with Crippen LogP contribution >= 0.6 is 0 Å². The van der Waals surface area contributed by atoms with Crippen molar-refractivity contribution in [3.8, 4) is 5.69 Å². The van der Waals surface area contributed by atoms with Gasteiger partial charge < -0.3 is 14.4 Å². The third-order valence-corrected chi connectivity index (χ3v) is 7.12. The molecule has 0 bridgehead atoms. The fourth-order valence-electron chi connectivity index (χ4n) is 5.59. The molecule has 1 fully saturated rings. The number of benzene rings is 2. The summed E-state index contributed by atoms with van der Waals surface area (Å²) in [6, 6.07) is 7.52. The largest absolute Gasteiger partial charge is 0.479 e. The molecule has 0 spiro atoms. The molecule has 1 aliphatic rings. The number of methoxy groups -OCH3 is 1. The maximum absolute atomic E-state index is 15.2. The van der Waals surface area contributed by atoms with Gasteiger partial charge in [-0.1, -0.05) is 13.8 Å². The molecule has 4 aromatic rings. The predicted octanol–water partition coefficient (Wildman–Crippen LogP) is 5.77. The first-order chi connectivity index (χ1) is 16.6. The van der Waals surface area contributed by atoms with E-state index in [0.29, 0.717) is 24.2 Å². The average molecular weight is 486 g/mol. The first-order valence-electron chi connectivity index (χ1n) is 11.4. The van der Waals surface area contributed by atoms with Gasteiger partial charge >= 0.3 is 5.97 Å². The van der Waals surface area contributed by atoms with Crippen LogP contribution in [-0.2, 0) is 14.9 Å². The molecule has 9 heteroatoms.